The maximum Gasteiger partial charge on any atom is 0.405 e. The van der Waals surface area contributed by atoms with Crippen LogP contribution in [0.4, 0.5) is 4.79 Å². The maximum absolute atomic E-state index is 14.0. The van der Waals surface area contributed by atoms with Crippen LogP contribution in [0.25, 0.3) is 39.2 Å². The Hall–Kier alpha value is -4.98. The van der Waals surface area contributed by atoms with Crippen molar-refractivity contribution < 1.29 is 14.3 Å². The molecule has 0 aliphatic heterocycles. The van der Waals surface area contributed by atoms with E-state index in [1.165, 1.54) is 16.8 Å². The van der Waals surface area contributed by atoms with Crippen LogP contribution in [0, 0.1) is 0 Å². The lowest BCUT2D eigenvalue weighted by Crippen LogP contribution is -2.50. The summed E-state index contributed by atoms with van der Waals surface area (Å²) in [6.07, 6.45) is 4.40. The maximum atomic E-state index is 14.0. The van der Waals surface area contributed by atoms with E-state index in [0.717, 1.165) is 24.8 Å². The molecule has 2 aromatic carbocycles. The predicted molar refractivity (Wildman–Crippen MR) is 143 cm³/mol. The number of nitrogens with zero attached hydrogens (tertiary/aromatic N) is 2. The molecular formula is C30H23N3O5. The van der Waals surface area contributed by atoms with Crippen LogP contribution in [0.1, 0.15) is 24.8 Å². The first kappa shape index (κ1) is 23.4. The Labute approximate surface area is 216 Å². The number of aromatic nitrogens is 2. The van der Waals surface area contributed by atoms with Gasteiger partial charge in [-0.05, 0) is 42.5 Å². The van der Waals surface area contributed by atoms with E-state index < -0.39 is 11.6 Å². The lowest BCUT2D eigenvalue weighted by atomic mass is 9.71. The number of carboxylic acid groups (broad SMARTS) is 1. The zero-order chi connectivity index (χ0) is 26.3. The summed E-state index contributed by atoms with van der Waals surface area (Å²) in [5, 5.41) is 12.3. The summed E-state index contributed by atoms with van der Waals surface area (Å²) in [5.74, 6) is 0.590. The Morgan fingerprint density at radius 3 is 2.32 bits per heavy atom. The molecule has 3 aromatic heterocycles. The fourth-order valence-corrected chi connectivity index (χ4v) is 5.11. The van der Waals surface area contributed by atoms with Crippen molar-refractivity contribution in [2.45, 2.75) is 24.8 Å². The third-order valence-electron chi connectivity index (χ3n) is 7.15. The monoisotopic (exact) mass is 505 g/mol. The predicted octanol–water partition coefficient (Wildman–Crippen LogP) is 5.32. The Morgan fingerprint density at radius 2 is 1.66 bits per heavy atom. The highest BCUT2D eigenvalue weighted by Crippen LogP contribution is 2.42. The molecule has 8 heteroatoms. The fourth-order valence-electron chi connectivity index (χ4n) is 5.11. The van der Waals surface area contributed by atoms with Crippen molar-refractivity contribution in [3.05, 3.63) is 117 Å². The first-order valence-corrected chi connectivity index (χ1v) is 12.3. The molecule has 5 aromatic rings. The topological polar surface area (TPSA) is 114 Å². The quantitative estimate of drug-likeness (QED) is 0.334. The largest absolute Gasteiger partial charge is 0.465 e. The molecule has 2 N–H and O–H groups in total. The Bertz CT molecular complexity index is 1790. The molecule has 1 saturated carbocycles. The molecular weight excluding hydrogens is 482 g/mol. The zero-order valence-electron chi connectivity index (χ0n) is 20.3. The van der Waals surface area contributed by atoms with Gasteiger partial charge < -0.3 is 14.8 Å². The van der Waals surface area contributed by atoms with Crippen LogP contribution in [-0.2, 0) is 5.54 Å². The molecule has 6 rings (SSSR count). The van der Waals surface area contributed by atoms with E-state index in [2.05, 4.69) is 10.3 Å². The van der Waals surface area contributed by atoms with Gasteiger partial charge in [0.15, 0.2) is 11.4 Å². The lowest BCUT2D eigenvalue weighted by Gasteiger charge is -2.42. The average Bonchev–Trinajstić information content (AvgIpc) is 2.91. The van der Waals surface area contributed by atoms with Gasteiger partial charge in [0.1, 0.15) is 5.76 Å². The lowest BCUT2D eigenvalue weighted by molar-refractivity contribution is 0.144. The molecule has 188 valence electrons. The van der Waals surface area contributed by atoms with Crippen LogP contribution >= 0.6 is 0 Å². The van der Waals surface area contributed by atoms with Crippen LogP contribution < -0.4 is 16.3 Å². The third kappa shape index (κ3) is 3.87. The summed E-state index contributed by atoms with van der Waals surface area (Å²) in [6.45, 7) is 0. The van der Waals surface area contributed by atoms with Gasteiger partial charge in [0, 0.05) is 24.0 Å². The molecule has 0 spiro atoms. The standard InChI is InChI=1S/C30H23N3O5/c34-23-9-4-5-18-33(23)28-27-22(14-17-31-28)25(35)24(26(38-27)20-7-2-1-3-8-20)19-10-12-21(13-11-19)30(15-6-16-30)32-29(36)37/h1-5,7-14,17-18,32H,6,15-16H2,(H,36,37). The Kier molecular flexibility index (Phi) is 5.64. The molecule has 0 unspecified atom stereocenters. The van der Waals surface area contributed by atoms with Gasteiger partial charge in [-0.1, -0.05) is 60.7 Å². The van der Waals surface area contributed by atoms with Crippen molar-refractivity contribution in [2.75, 3.05) is 0 Å². The minimum absolute atomic E-state index is 0.212. The van der Waals surface area contributed by atoms with E-state index in [9.17, 15) is 19.5 Å². The van der Waals surface area contributed by atoms with E-state index >= 15 is 0 Å². The molecule has 8 nitrogen and oxygen atoms in total. The van der Waals surface area contributed by atoms with Crippen molar-refractivity contribution in [3.8, 4) is 28.3 Å². The van der Waals surface area contributed by atoms with Gasteiger partial charge in [0.25, 0.3) is 5.56 Å². The summed E-state index contributed by atoms with van der Waals surface area (Å²) in [5.41, 5.74) is 1.63. The Morgan fingerprint density at radius 1 is 0.921 bits per heavy atom. The normalized spacial score (nSPS) is 14.1. The molecule has 0 atom stereocenters. The fraction of sp³-hybridized carbons (Fsp3) is 0.133. The average molecular weight is 506 g/mol. The number of fused-ring (bicyclic) bond motifs is 1. The molecule has 3 heterocycles. The van der Waals surface area contributed by atoms with E-state index in [-0.39, 0.29) is 22.4 Å². The molecule has 0 bridgehead atoms. The van der Waals surface area contributed by atoms with Gasteiger partial charge in [-0.2, -0.15) is 0 Å². The first-order chi connectivity index (χ1) is 18.5. The van der Waals surface area contributed by atoms with Gasteiger partial charge in [0.05, 0.1) is 16.5 Å². The van der Waals surface area contributed by atoms with Crippen LogP contribution in [0.5, 0.6) is 0 Å². The first-order valence-electron chi connectivity index (χ1n) is 12.3. The zero-order valence-corrected chi connectivity index (χ0v) is 20.3. The van der Waals surface area contributed by atoms with Crippen LogP contribution in [0.2, 0.25) is 0 Å². The number of hydrogen-bond acceptors (Lipinski definition) is 5. The number of benzene rings is 2. The van der Waals surface area contributed by atoms with E-state index in [4.69, 9.17) is 4.42 Å². The smallest absolute Gasteiger partial charge is 0.405 e. The second-order valence-electron chi connectivity index (χ2n) is 9.36. The SMILES string of the molecule is O=C(O)NC1(c2ccc(-c3c(-c4ccccc4)oc4c(-n5ccccc5=O)nccc4c3=O)cc2)CCC1. The second kappa shape index (κ2) is 9.15. The van der Waals surface area contributed by atoms with Crippen molar-refractivity contribution >= 4 is 17.1 Å². The summed E-state index contributed by atoms with van der Waals surface area (Å²) in [7, 11) is 0. The minimum atomic E-state index is -1.06. The van der Waals surface area contributed by atoms with Gasteiger partial charge in [-0.25, -0.2) is 9.78 Å². The van der Waals surface area contributed by atoms with Gasteiger partial charge in [-0.3, -0.25) is 14.2 Å². The highest BCUT2D eigenvalue weighted by atomic mass is 16.4. The van der Waals surface area contributed by atoms with Crippen molar-refractivity contribution in [1.29, 1.82) is 0 Å². The summed E-state index contributed by atoms with van der Waals surface area (Å²) < 4.78 is 7.77. The Balaban J connectivity index is 1.57. The van der Waals surface area contributed by atoms with Crippen LogP contribution in [-0.4, -0.2) is 20.8 Å². The summed E-state index contributed by atoms with van der Waals surface area (Å²) >= 11 is 0. The summed E-state index contributed by atoms with van der Waals surface area (Å²) in [6, 6.07) is 23.0. The van der Waals surface area contributed by atoms with Crippen LogP contribution in [0.3, 0.4) is 0 Å². The van der Waals surface area contributed by atoms with Crippen molar-refractivity contribution in [3.63, 3.8) is 0 Å². The highest BCUT2D eigenvalue weighted by molar-refractivity contribution is 5.91. The van der Waals surface area contributed by atoms with Gasteiger partial charge in [0.2, 0.25) is 5.43 Å². The van der Waals surface area contributed by atoms with Crippen LogP contribution in [0.15, 0.2) is 105 Å². The number of nitrogens with one attached hydrogen (secondary N) is 1. The van der Waals surface area contributed by atoms with E-state index in [1.54, 1.807) is 24.4 Å². The highest BCUT2D eigenvalue weighted by Gasteiger charge is 2.40. The van der Waals surface area contributed by atoms with E-state index in [0.29, 0.717) is 27.8 Å². The molecule has 0 radical (unpaired) electrons. The number of hydrogen-bond donors (Lipinski definition) is 2. The minimum Gasteiger partial charge on any atom is -0.465 e. The van der Waals surface area contributed by atoms with E-state index in [1.807, 2.05) is 54.6 Å². The third-order valence-corrected chi connectivity index (χ3v) is 7.15. The molecule has 38 heavy (non-hydrogen) atoms. The molecule has 1 fully saturated rings. The molecule has 0 saturated heterocycles. The molecule has 1 aliphatic rings. The second-order valence-corrected chi connectivity index (χ2v) is 9.36. The van der Waals surface area contributed by atoms with Gasteiger partial charge >= 0.3 is 6.09 Å². The molecule has 1 aliphatic carbocycles. The number of carbonyl (C=O) groups is 1. The van der Waals surface area contributed by atoms with Crippen molar-refractivity contribution in [2.24, 2.45) is 0 Å². The van der Waals surface area contributed by atoms with Crippen molar-refractivity contribution in [1.82, 2.24) is 14.9 Å². The number of pyridine rings is 2. The number of rotatable bonds is 5. The van der Waals surface area contributed by atoms with Gasteiger partial charge in [-0.15, -0.1) is 0 Å². The number of amides is 1. The summed E-state index contributed by atoms with van der Waals surface area (Å²) in [4.78, 5) is 42.4. The molecule has 1 amide bonds.